The van der Waals surface area contributed by atoms with Gasteiger partial charge in [0.1, 0.15) is 28.8 Å². The number of fused-ring (bicyclic) bond motifs is 2. The summed E-state index contributed by atoms with van der Waals surface area (Å²) in [7, 11) is 0. The summed E-state index contributed by atoms with van der Waals surface area (Å²) in [5.41, 5.74) is 0.908. The minimum Gasteiger partial charge on any atom is -0.484 e. The van der Waals surface area contributed by atoms with Crippen LogP contribution in [0.4, 0.5) is 0 Å². The molecule has 7 heteroatoms. The van der Waals surface area contributed by atoms with Crippen LogP contribution in [0.1, 0.15) is 38.3 Å². The van der Waals surface area contributed by atoms with Crippen LogP contribution in [0.2, 0.25) is 0 Å². The first kappa shape index (κ1) is 21.6. The molecule has 1 aliphatic rings. The van der Waals surface area contributed by atoms with Gasteiger partial charge in [0.05, 0.1) is 0 Å². The predicted molar refractivity (Wildman–Crippen MR) is 117 cm³/mol. The number of rotatable bonds is 5. The maximum atomic E-state index is 12.6. The maximum Gasteiger partial charge on any atom is 0.336 e. The Morgan fingerprint density at radius 2 is 1.91 bits per heavy atom. The molecule has 1 aromatic heterocycles. The van der Waals surface area contributed by atoms with Gasteiger partial charge in [0.15, 0.2) is 0 Å². The molecule has 0 amide bonds. The average molecular weight is 436 g/mol. The van der Waals surface area contributed by atoms with Crippen LogP contribution in [-0.2, 0) is 27.2 Å². The topological polar surface area (TPSA) is 92.0 Å². The van der Waals surface area contributed by atoms with E-state index in [1.165, 1.54) is 13.0 Å². The number of carbonyl (C=O) groups excluding carboxylic acids is 2. The monoisotopic (exact) mass is 436 g/mol. The van der Waals surface area contributed by atoms with E-state index in [9.17, 15) is 14.4 Å². The van der Waals surface area contributed by atoms with E-state index >= 15 is 0 Å². The van der Waals surface area contributed by atoms with Gasteiger partial charge >= 0.3 is 17.6 Å². The first-order valence-corrected chi connectivity index (χ1v) is 10.4. The van der Waals surface area contributed by atoms with Gasteiger partial charge < -0.3 is 18.6 Å². The van der Waals surface area contributed by atoms with Gasteiger partial charge in [-0.15, -0.1) is 0 Å². The number of carbonyl (C=O) groups is 2. The number of aryl methyl sites for hydroxylation is 1. The Morgan fingerprint density at radius 3 is 2.69 bits per heavy atom. The molecule has 2 aromatic carbocycles. The SMILES string of the molecule is CC(=O)Oc1ccccc1CCC(=O)O[C@H]1Cc2cc3ccc(=O)oc3cc2OC1(C)C. The number of ether oxygens (including phenoxy) is 3. The smallest absolute Gasteiger partial charge is 0.336 e. The van der Waals surface area contributed by atoms with Crippen LogP contribution in [0.25, 0.3) is 11.0 Å². The van der Waals surface area contributed by atoms with Gasteiger partial charge in [-0.2, -0.15) is 0 Å². The van der Waals surface area contributed by atoms with Gasteiger partial charge in [0.2, 0.25) is 0 Å². The third-order valence-electron chi connectivity index (χ3n) is 5.45. The fourth-order valence-electron chi connectivity index (χ4n) is 3.80. The molecule has 1 atom stereocenters. The Kier molecular flexibility index (Phi) is 5.74. The van der Waals surface area contributed by atoms with Crippen molar-refractivity contribution < 1.29 is 28.2 Å². The molecule has 0 aliphatic carbocycles. The molecule has 7 nitrogen and oxygen atoms in total. The Balaban J connectivity index is 1.46. The minimum absolute atomic E-state index is 0.139. The van der Waals surface area contributed by atoms with E-state index in [0.29, 0.717) is 29.9 Å². The van der Waals surface area contributed by atoms with Gasteiger partial charge in [0, 0.05) is 37.3 Å². The molecule has 0 saturated carbocycles. The van der Waals surface area contributed by atoms with Crippen molar-refractivity contribution in [1.29, 1.82) is 0 Å². The van der Waals surface area contributed by atoms with Gasteiger partial charge in [-0.25, -0.2) is 4.79 Å². The molecule has 0 saturated heterocycles. The molecule has 0 spiro atoms. The number of esters is 2. The molecular weight excluding hydrogens is 412 g/mol. The van der Waals surface area contributed by atoms with Crippen LogP contribution in [-0.4, -0.2) is 23.6 Å². The Bertz CT molecular complexity index is 1240. The Hall–Kier alpha value is -3.61. The van der Waals surface area contributed by atoms with E-state index in [1.54, 1.807) is 24.3 Å². The summed E-state index contributed by atoms with van der Waals surface area (Å²) in [5.74, 6) is 0.284. The van der Waals surface area contributed by atoms with Crippen molar-refractivity contribution in [2.45, 2.75) is 51.7 Å². The van der Waals surface area contributed by atoms with E-state index in [4.69, 9.17) is 18.6 Å². The van der Waals surface area contributed by atoms with Crippen molar-refractivity contribution in [2.75, 3.05) is 0 Å². The zero-order valence-electron chi connectivity index (χ0n) is 18.2. The van der Waals surface area contributed by atoms with Crippen LogP contribution < -0.4 is 15.1 Å². The van der Waals surface area contributed by atoms with E-state index < -0.39 is 23.3 Å². The number of hydrogen-bond donors (Lipinski definition) is 0. The lowest BCUT2D eigenvalue weighted by Gasteiger charge is -2.39. The normalized spacial score (nSPS) is 16.7. The lowest BCUT2D eigenvalue weighted by Crippen LogP contribution is -2.48. The summed E-state index contributed by atoms with van der Waals surface area (Å²) in [6.07, 6.45) is 0.518. The molecule has 3 aromatic rings. The maximum absolute atomic E-state index is 12.6. The highest BCUT2D eigenvalue weighted by Gasteiger charge is 2.40. The van der Waals surface area contributed by atoms with Gasteiger partial charge in [-0.1, -0.05) is 18.2 Å². The van der Waals surface area contributed by atoms with Crippen molar-refractivity contribution in [3.8, 4) is 11.5 Å². The van der Waals surface area contributed by atoms with Gasteiger partial charge in [0.25, 0.3) is 0 Å². The van der Waals surface area contributed by atoms with Crippen LogP contribution in [0.5, 0.6) is 11.5 Å². The molecule has 0 N–H and O–H groups in total. The molecule has 0 fully saturated rings. The van der Waals surface area contributed by atoms with E-state index in [-0.39, 0.29) is 12.4 Å². The highest BCUT2D eigenvalue weighted by atomic mass is 16.6. The number of hydrogen-bond acceptors (Lipinski definition) is 7. The van der Waals surface area contributed by atoms with Gasteiger partial charge in [-0.05, 0) is 49.6 Å². The third-order valence-corrected chi connectivity index (χ3v) is 5.45. The van der Waals surface area contributed by atoms with Crippen molar-refractivity contribution in [2.24, 2.45) is 0 Å². The quantitative estimate of drug-likeness (QED) is 0.339. The molecule has 0 unspecified atom stereocenters. The second kappa shape index (κ2) is 8.49. The summed E-state index contributed by atoms with van der Waals surface area (Å²) >= 11 is 0. The van der Waals surface area contributed by atoms with Crippen LogP contribution in [0.15, 0.2) is 57.7 Å². The summed E-state index contributed by atoms with van der Waals surface area (Å²) in [4.78, 5) is 35.4. The third kappa shape index (κ3) is 4.66. The van der Waals surface area contributed by atoms with Crippen LogP contribution in [0.3, 0.4) is 0 Å². The first-order chi connectivity index (χ1) is 15.2. The minimum atomic E-state index is -0.763. The second-order valence-corrected chi connectivity index (χ2v) is 8.34. The molecule has 0 bridgehead atoms. The number of benzene rings is 2. The van der Waals surface area contributed by atoms with Crippen molar-refractivity contribution in [3.05, 3.63) is 70.1 Å². The largest absolute Gasteiger partial charge is 0.484 e. The average Bonchev–Trinajstić information content (AvgIpc) is 2.72. The van der Waals surface area contributed by atoms with Crippen molar-refractivity contribution in [1.82, 2.24) is 0 Å². The lowest BCUT2D eigenvalue weighted by molar-refractivity contribution is -0.161. The summed E-state index contributed by atoms with van der Waals surface area (Å²) in [6, 6.07) is 13.8. The van der Waals surface area contributed by atoms with Crippen molar-refractivity contribution >= 4 is 22.9 Å². The van der Waals surface area contributed by atoms with Gasteiger partial charge in [-0.3, -0.25) is 9.59 Å². The standard InChI is InChI=1S/C25H24O7/c1-15(26)29-19-7-5-4-6-16(19)8-10-24(28)31-22-13-18-12-17-9-11-23(27)30-20(17)14-21(18)32-25(22,2)3/h4-7,9,11-12,14,22H,8,10,13H2,1-3H3/t22-/m0/s1. The molecule has 4 rings (SSSR count). The fraction of sp³-hybridized carbons (Fsp3) is 0.320. The summed E-state index contributed by atoms with van der Waals surface area (Å²) in [5, 5.41) is 0.777. The molecule has 166 valence electrons. The number of para-hydroxylation sites is 1. The lowest BCUT2D eigenvalue weighted by atomic mass is 9.90. The van der Waals surface area contributed by atoms with Crippen molar-refractivity contribution in [3.63, 3.8) is 0 Å². The van der Waals surface area contributed by atoms with Crippen LogP contribution in [0, 0.1) is 0 Å². The zero-order valence-corrected chi connectivity index (χ0v) is 18.2. The Labute approximate surface area is 184 Å². The Morgan fingerprint density at radius 1 is 1.12 bits per heavy atom. The second-order valence-electron chi connectivity index (χ2n) is 8.34. The highest BCUT2D eigenvalue weighted by molar-refractivity contribution is 5.79. The molecular formula is C25H24O7. The van der Waals surface area contributed by atoms with Crippen LogP contribution >= 0.6 is 0 Å². The highest BCUT2D eigenvalue weighted by Crippen LogP contribution is 2.37. The molecule has 0 radical (unpaired) electrons. The summed E-state index contributed by atoms with van der Waals surface area (Å²) in [6.45, 7) is 5.05. The van der Waals surface area contributed by atoms with E-state index in [2.05, 4.69) is 0 Å². The van der Waals surface area contributed by atoms with E-state index in [1.807, 2.05) is 32.0 Å². The fourth-order valence-corrected chi connectivity index (χ4v) is 3.80. The molecule has 2 heterocycles. The molecule has 1 aliphatic heterocycles. The zero-order chi connectivity index (χ0) is 22.9. The first-order valence-electron chi connectivity index (χ1n) is 10.4. The predicted octanol–water partition coefficient (Wildman–Crippen LogP) is 3.98. The summed E-state index contributed by atoms with van der Waals surface area (Å²) < 4.78 is 22.3. The van der Waals surface area contributed by atoms with E-state index in [0.717, 1.165) is 16.5 Å². The molecule has 32 heavy (non-hydrogen) atoms.